The Balaban J connectivity index is 2.21. The first-order valence-electron chi connectivity index (χ1n) is 5.83. The summed E-state index contributed by atoms with van der Waals surface area (Å²) in [6, 6.07) is 6.46. The van der Waals surface area contributed by atoms with E-state index in [4.69, 9.17) is 11.6 Å². The van der Waals surface area contributed by atoms with Gasteiger partial charge in [0.1, 0.15) is 9.98 Å². The van der Waals surface area contributed by atoms with Crippen molar-refractivity contribution in [3.8, 4) is 11.1 Å². The average Bonchev–Trinajstić information content (AvgIpc) is 2.91. The van der Waals surface area contributed by atoms with Crippen molar-refractivity contribution in [2.75, 3.05) is 6.26 Å². The lowest BCUT2D eigenvalue weighted by Gasteiger charge is -2.02. The topological polar surface area (TPSA) is 68.9 Å². The van der Waals surface area contributed by atoms with Gasteiger partial charge in [0.15, 0.2) is 5.16 Å². The van der Waals surface area contributed by atoms with E-state index < -0.39 is 4.92 Å². The third-order valence-electron chi connectivity index (χ3n) is 2.92. The summed E-state index contributed by atoms with van der Waals surface area (Å²) in [6.07, 6.45) is 1.88. The first-order chi connectivity index (χ1) is 10.1. The number of thiophene rings is 1. The molecule has 2 aromatic heterocycles. The highest BCUT2D eigenvalue weighted by Crippen LogP contribution is 2.38. The summed E-state index contributed by atoms with van der Waals surface area (Å²) in [5.41, 5.74) is 1.60. The van der Waals surface area contributed by atoms with Crippen LogP contribution in [0.2, 0.25) is 5.15 Å². The molecule has 3 aromatic rings. The Morgan fingerprint density at radius 3 is 2.90 bits per heavy atom. The molecular formula is C13H8ClN3O2S2. The highest BCUT2D eigenvalue weighted by Gasteiger charge is 2.15. The van der Waals surface area contributed by atoms with Crippen LogP contribution in [0.5, 0.6) is 0 Å². The van der Waals surface area contributed by atoms with Gasteiger partial charge in [-0.2, -0.15) is 0 Å². The number of nitro groups is 1. The smallest absolute Gasteiger partial charge is 0.258 e. The number of thioether (sulfide) groups is 1. The van der Waals surface area contributed by atoms with Gasteiger partial charge in [0.2, 0.25) is 0 Å². The number of hydrogen-bond donors (Lipinski definition) is 0. The van der Waals surface area contributed by atoms with Gasteiger partial charge in [0, 0.05) is 23.1 Å². The van der Waals surface area contributed by atoms with Gasteiger partial charge in [-0.3, -0.25) is 10.1 Å². The van der Waals surface area contributed by atoms with Crippen LogP contribution < -0.4 is 0 Å². The monoisotopic (exact) mass is 337 g/mol. The van der Waals surface area contributed by atoms with E-state index in [9.17, 15) is 10.1 Å². The summed E-state index contributed by atoms with van der Waals surface area (Å²) in [7, 11) is 0. The number of hydrogen-bond acceptors (Lipinski definition) is 6. The van der Waals surface area contributed by atoms with Gasteiger partial charge in [-0.1, -0.05) is 35.5 Å². The van der Waals surface area contributed by atoms with Gasteiger partial charge in [-0.25, -0.2) is 9.97 Å². The highest BCUT2D eigenvalue weighted by atomic mass is 35.5. The zero-order chi connectivity index (χ0) is 15.0. The van der Waals surface area contributed by atoms with Crippen LogP contribution in [0, 0.1) is 10.1 Å². The van der Waals surface area contributed by atoms with Crippen LogP contribution in [0.15, 0.2) is 34.8 Å². The zero-order valence-corrected chi connectivity index (χ0v) is 13.1. The Labute approximate surface area is 133 Å². The largest absolute Gasteiger partial charge is 0.270 e. The van der Waals surface area contributed by atoms with Crippen molar-refractivity contribution in [2.24, 2.45) is 0 Å². The second-order valence-corrected chi connectivity index (χ2v) is 6.13. The maximum Gasteiger partial charge on any atom is 0.270 e. The van der Waals surface area contributed by atoms with E-state index in [1.54, 1.807) is 6.07 Å². The van der Waals surface area contributed by atoms with Gasteiger partial charge in [0.25, 0.3) is 5.69 Å². The van der Waals surface area contributed by atoms with Crippen LogP contribution in [-0.2, 0) is 0 Å². The van der Waals surface area contributed by atoms with Crippen LogP contribution in [-0.4, -0.2) is 21.1 Å². The molecular weight excluding hydrogens is 330 g/mol. The molecule has 106 valence electrons. The van der Waals surface area contributed by atoms with Gasteiger partial charge in [0.05, 0.1) is 10.3 Å². The summed E-state index contributed by atoms with van der Waals surface area (Å²) in [4.78, 5) is 19.9. The lowest BCUT2D eigenvalue weighted by atomic mass is 10.1. The van der Waals surface area contributed by atoms with Crippen LogP contribution in [0.25, 0.3) is 21.3 Å². The molecule has 0 unspecified atom stereocenters. The summed E-state index contributed by atoms with van der Waals surface area (Å²) < 4.78 is 0. The van der Waals surface area contributed by atoms with Crippen molar-refractivity contribution in [3.63, 3.8) is 0 Å². The highest BCUT2D eigenvalue weighted by molar-refractivity contribution is 7.98. The number of halogens is 1. The Bertz CT molecular complexity index is 851. The Kier molecular flexibility index (Phi) is 3.79. The minimum absolute atomic E-state index is 0.0459. The second-order valence-electron chi connectivity index (χ2n) is 4.14. The Morgan fingerprint density at radius 1 is 1.38 bits per heavy atom. The van der Waals surface area contributed by atoms with E-state index in [1.807, 2.05) is 17.7 Å². The van der Waals surface area contributed by atoms with Gasteiger partial charge >= 0.3 is 0 Å². The van der Waals surface area contributed by atoms with Crippen LogP contribution in [0.1, 0.15) is 0 Å². The molecule has 0 N–H and O–H groups in total. The number of rotatable bonds is 3. The van der Waals surface area contributed by atoms with Gasteiger partial charge in [-0.15, -0.1) is 11.3 Å². The van der Waals surface area contributed by atoms with Crippen molar-refractivity contribution in [1.82, 2.24) is 9.97 Å². The number of benzene rings is 1. The SMILES string of the molecule is CSc1nc(Cl)c2c(-c3cccc([N+](=O)[O-])c3)csc2n1. The molecule has 0 amide bonds. The molecule has 0 radical (unpaired) electrons. The summed E-state index contributed by atoms with van der Waals surface area (Å²) in [5, 5.41) is 14.5. The Morgan fingerprint density at radius 2 is 2.19 bits per heavy atom. The summed E-state index contributed by atoms with van der Waals surface area (Å²) >= 11 is 9.12. The second kappa shape index (κ2) is 5.59. The van der Waals surface area contributed by atoms with Crippen LogP contribution in [0.3, 0.4) is 0 Å². The normalized spacial score (nSPS) is 11.0. The van der Waals surface area contributed by atoms with Crippen molar-refractivity contribution in [2.45, 2.75) is 5.16 Å². The van der Waals surface area contributed by atoms with E-state index in [-0.39, 0.29) is 5.69 Å². The van der Waals surface area contributed by atoms with Crippen molar-refractivity contribution < 1.29 is 4.92 Å². The molecule has 0 atom stereocenters. The van der Waals surface area contributed by atoms with Gasteiger partial charge < -0.3 is 0 Å². The maximum absolute atomic E-state index is 10.9. The lowest BCUT2D eigenvalue weighted by molar-refractivity contribution is -0.384. The number of fused-ring (bicyclic) bond motifs is 1. The van der Waals surface area contributed by atoms with E-state index in [0.717, 1.165) is 21.3 Å². The predicted molar refractivity (Wildman–Crippen MR) is 86.3 cm³/mol. The fraction of sp³-hybridized carbons (Fsp3) is 0.0769. The third-order valence-corrected chi connectivity index (χ3v) is 4.61. The summed E-state index contributed by atoms with van der Waals surface area (Å²) in [5.74, 6) is 0. The summed E-state index contributed by atoms with van der Waals surface area (Å²) in [6.45, 7) is 0. The predicted octanol–water partition coefficient (Wildman–Crippen LogP) is 4.64. The molecule has 5 nitrogen and oxygen atoms in total. The molecule has 0 fully saturated rings. The fourth-order valence-electron chi connectivity index (χ4n) is 1.97. The molecule has 0 aliphatic rings. The first kappa shape index (κ1) is 14.2. The molecule has 0 spiro atoms. The number of nitro benzene ring substituents is 1. The van der Waals surface area contributed by atoms with E-state index >= 15 is 0 Å². The standard InChI is InChI=1S/C13H8ClN3O2S2/c1-20-13-15-11(14)10-9(6-21-12(10)16-13)7-3-2-4-8(5-7)17(18)19/h2-6H,1H3. The van der Waals surface area contributed by atoms with Crippen molar-refractivity contribution in [3.05, 3.63) is 44.9 Å². The Hall–Kier alpha value is -1.70. The fourth-order valence-corrected chi connectivity index (χ4v) is 3.72. The van der Waals surface area contributed by atoms with Crippen LogP contribution in [0.4, 0.5) is 5.69 Å². The van der Waals surface area contributed by atoms with E-state index in [1.165, 1.54) is 35.2 Å². The van der Waals surface area contributed by atoms with Gasteiger partial charge in [-0.05, 0) is 11.8 Å². The molecule has 2 heterocycles. The maximum atomic E-state index is 10.9. The molecule has 0 aliphatic carbocycles. The molecule has 0 aliphatic heterocycles. The average molecular weight is 338 g/mol. The molecule has 3 rings (SSSR count). The van der Waals surface area contributed by atoms with E-state index in [2.05, 4.69) is 9.97 Å². The first-order valence-corrected chi connectivity index (χ1v) is 8.32. The third kappa shape index (κ3) is 2.59. The number of aromatic nitrogens is 2. The lowest BCUT2D eigenvalue weighted by Crippen LogP contribution is -1.89. The number of nitrogens with zero attached hydrogens (tertiary/aromatic N) is 3. The zero-order valence-electron chi connectivity index (χ0n) is 10.7. The minimum Gasteiger partial charge on any atom is -0.258 e. The molecule has 0 saturated heterocycles. The molecule has 0 saturated carbocycles. The minimum atomic E-state index is -0.415. The van der Waals surface area contributed by atoms with Crippen molar-refractivity contribution in [1.29, 1.82) is 0 Å². The molecule has 21 heavy (non-hydrogen) atoms. The quantitative estimate of drug-likeness (QED) is 0.229. The molecule has 8 heteroatoms. The molecule has 1 aromatic carbocycles. The number of non-ortho nitro benzene ring substituents is 1. The van der Waals surface area contributed by atoms with Crippen molar-refractivity contribution >= 4 is 50.6 Å². The molecule has 0 bridgehead atoms. The van der Waals surface area contributed by atoms with Crippen LogP contribution >= 0.6 is 34.7 Å². The van der Waals surface area contributed by atoms with E-state index in [0.29, 0.717) is 10.3 Å².